The molecule has 0 radical (unpaired) electrons. The molecule has 0 aliphatic carbocycles. The number of piperidine rings is 1. The Labute approximate surface area is 134 Å². The van der Waals surface area contributed by atoms with E-state index in [0.29, 0.717) is 12.1 Å². The van der Waals surface area contributed by atoms with Gasteiger partial charge in [0.1, 0.15) is 0 Å². The van der Waals surface area contributed by atoms with E-state index in [1.165, 1.54) is 12.1 Å². The molecular formula is C15H20ClF3N2O. The quantitative estimate of drug-likeness (QED) is 0.889. The number of hydrogen-bond donors (Lipinski definition) is 2. The molecule has 3 nitrogen and oxygen atoms in total. The molecule has 0 bridgehead atoms. The number of rotatable bonds is 3. The van der Waals surface area contributed by atoms with Gasteiger partial charge in [0.15, 0.2) is 0 Å². The van der Waals surface area contributed by atoms with Gasteiger partial charge in [0.2, 0.25) is 5.91 Å². The molecule has 1 aliphatic heterocycles. The van der Waals surface area contributed by atoms with Gasteiger partial charge in [-0.15, -0.1) is 12.4 Å². The third-order valence-electron chi connectivity index (χ3n) is 3.76. The van der Waals surface area contributed by atoms with Crippen molar-refractivity contribution in [2.24, 2.45) is 5.92 Å². The standard InChI is InChI=1S/C15H19F3N2O.ClH/c1-10(20-14(21)12-3-2-8-19-9-12)11-4-6-13(7-5-11)15(16,17)18;/h4-7,10,12,19H,2-3,8-9H2,1H3,(H,20,21);1H/t10?,12-;/m1./s1. The molecule has 22 heavy (non-hydrogen) atoms. The minimum absolute atomic E-state index is 0. The summed E-state index contributed by atoms with van der Waals surface area (Å²) < 4.78 is 37.5. The van der Waals surface area contributed by atoms with Crippen LogP contribution >= 0.6 is 12.4 Å². The number of alkyl halides is 3. The molecule has 0 aromatic heterocycles. The first-order chi connectivity index (χ1) is 9.88. The van der Waals surface area contributed by atoms with Gasteiger partial charge < -0.3 is 10.6 Å². The van der Waals surface area contributed by atoms with Gasteiger partial charge in [-0.25, -0.2) is 0 Å². The molecule has 1 fully saturated rings. The van der Waals surface area contributed by atoms with Gasteiger partial charge in [-0.2, -0.15) is 13.2 Å². The zero-order valence-corrected chi connectivity index (χ0v) is 13.1. The Morgan fingerprint density at radius 1 is 1.32 bits per heavy atom. The lowest BCUT2D eigenvalue weighted by atomic mass is 9.97. The molecule has 2 atom stereocenters. The van der Waals surface area contributed by atoms with E-state index in [9.17, 15) is 18.0 Å². The largest absolute Gasteiger partial charge is 0.416 e. The molecule has 124 valence electrons. The van der Waals surface area contributed by atoms with Crippen molar-refractivity contribution in [2.45, 2.75) is 32.0 Å². The van der Waals surface area contributed by atoms with Crippen molar-refractivity contribution in [3.05, 3.63) is 35.4 Å². The van der Waals surface area contributed by atoms with Crippen LogP contribution in [-0.2, 0) is 11.0 Å². The number of benzene rings is 1. The highest BCUT2D eigenvalue weighted by atomic mass is 35.5. The Morgan fingerprint density at radius 2 is 1.95 bits per heavy atom. The van der Waals surface area contributed by atoms with Gasteiger partial charge in [-0.1, -0.05) is 12.1 Å². The number of hydrogen-bond acceptors (Lipinski definition) is 2. The van der Waals surface area contributed by atoms with Gasteiger partial charge in [-0.05, 0) is 44.0 Å². The van der Waals surface area contributed by atoms with E-state index >= 15 is 0 Å². The molecule has 1 amide bonds. The lowest BCUT2D eigenvalue weighted by molar-refractivity contribution is -0.137. The predicted molar refractivity (Wildman–Crippen MR) is 80.8 cm³/mol. The first-order valence-electron chi connectivity index (χ1n) is 7.06. The summed E-state index contributed by atoms with van der Waals surface area (Å²) in [5, 5.41) is 6.03. The van der Waals surface area contributed by atoms with E-state index in [0.717, 1.165) is 31.5 Å². The van der Waals surface area contributed by atoms with Crippen molar-refractivity contribution in [2.75, 3.05) is 13.1 Å². The molecular weight excluding hydrogens is 317 g/mol. The second-order valence-corrected chi connectivity index (χ2v) is 5.39. The average Bonchev–Trinajstić information content (AvgIpc) is 2.47. The minimum atomic E-state index is -4.33. The molecule has 1 aromatic rings. The minimum Gasteiger partial charge on any atom is -0.349 e. The zero-order chi connectivity index (χ0) is 15.5. The van der Waals surface area contributed by atoms with E-state index < -0.39 is 11.7 Å². The van der Waals surface area contributed by atoms with Crippen LogP contribution < -0.4 is 10.6 Å². The summed E-state index contributed by atoms with van der Waals surface area (Å²) >= 11 is 0. The van der Waals surface area contributed by atoms with Crippen molar-refractivity contribution in [3.63, 3.8) is 0 Å². The molecule has 1 heterocycles. The first-order valence-corrected chi connectivity index (χ1v) is 7.06. The van der Waals surface area contributed by atoms with Crippen LogP contribution in [0.5, 0.6) is 0 Å². The molecule has 1 saturated heterocycles. The molecule has 2 N–H and O–H groups in total. The molecule has 0 spiro atoms. The number of carbonyl (C=O) groups excluding carboxylic acids is 1. The smallest absolute Gasteiger partial charge is 0.349 e. The Balaban J connectivity index is 0.00000242. The fourth-order valence-electron chi connectivity index (χ4n) is 2.45. The Kier molecular flexibility index (Phi) is 6.68. The van der Waals surface area contributed by atoms with E-state index in [2.05, 4.69) is 10.6 Å². The van der Waals surface area contributed by atoms with Gasteiger partial charge in [0.25, 0.3) is 0 Å². The van der Waals surface area contributed by atoms with Crippen LogP contribution in [0.25, 0.3) is 0 Å². The van der Waals surface area contributed by atoms with Crippen LogP contribution in [0.2, 0.25) is 0 Å². The van der Waals surface area contributed by atoms with Crippen LogP contribution in [0.3, 0.4) is 0 Å². The third kappa shape index (κ3) is 4.88. The van der Waals surface area contributed by atoms with Crippen molar-refractivity contribution >= 4 is 18.3 Å². The summed E-state index contributed by atoms with van der Waals surface area (Å²) in [5.41, 5.74) is -0.0126. The Bertz CT molecular complexity index is 485. The van der Waals surface area contributed by atoms with Crippen molar-refractivity contribution in [1.82, 2.24) is 10.6 Å². The molecule has 0 saturated carbocycles. The molecule has 1 aliphatic rings. The number of carbonyl (C=O) groups is 1. The summed E-state index contributed by atoms with van der Waals surface area (Å²) in [6.45, 7) is 3.36. The normalized spacial score (nSPS) is 19.9. The summed E-state index contributed by atoms with van der Waals surface area (Å²) in [6, 6.07) is 4.60. The van der Waals surface area contributed by atoms with Crippen LogP contribution in [0.15, 0.2) is 24.3 Å². The zero-order valence-electron chi connectivity index (χ0n) is 12.2. The third-order valence-corrected chi connectivity index (χ3v) is 3.76. The van der Waals surface area contributed by atoms with Gasteiger partial charge in [0, 0.05) is 6.54 Å². The van der Waals surface area contributed by atoms with Gasteiger partial charge >= 0.3 is 6.18 Å². The highest BCUT2D eigenvalue weighted by Crippen LogP contribution is 2.29. The highest BCUT2D eigenvalue weighted by molar-refractivity contribution is 5.85. The summed E-state index contributed by atoms with van der Waals surface area (Å²) in [6.07, 6.45) is -2.52. The van der Waals surface area contributed by atoms with Crippen LogP contribution in [0, 0.1) is 5.92 Å². The Morgan fingerprint density at radius 3 is 2.45 bits per heavy atom. The maximum absolute atomic E-state index is 12.5. The summed E-state index contributed by atoms with van der Waals surface area (Å²) in [7, 11) is 0. The topological polar surface area (TPSA) is 41.1 Å². The van der Waals surface area contributed by atoms with Crippen LogP contribution in [-0.4, -0.2) is 19.0 Å². The van der Waals surface area contributed by atoms with E-state index in [4.69, 9.17) is 0 Å². The van der Waals surface area contributed by atoms with E-state index in [1.54, 1.807) is 6.92 Å². The SMILES string of the molecule is CC(NC(=O)[C@@H]1CCCNC1)c1ccc(C(F)(F)F)cc1.Cl. The average molecular weight is 337 g/mol. The molecule has 2 rings (SSSR count). The second-order valence-electron chi connectivity index (χ2n) is 5.39. The molecule has 1 unspecified atom stereocenters. The monoisotopic (exact) mass is 336 g/mol. The number of nitrogens with one attached hydrogen (secondary N) is 2. The lowest BCUT2D eigenvalue weighted by Gasteiger charge is -2.24. The molecule has 1 aromatic carbocycles. The highest BCUT2D eigenvalue weighted by Gasteiger charge is 2.30. The van der Waals surface area contributed by atoms with Crippen molar-refractivity contribution in [3.8, 4) is 0 Å². The Hall–Kier alpha value is -1.27. The van der Waals surface area contributed by atoms with Gasteiger partial charge in [0.05, 0.1) is 17.5 Å². The van der Waals surface area contributed by atoms with E-state index in [1.807, 2.05) is 0 Å². The number of amides is 1. The lowest BCUT2D eigenvalue weighted by Crippen LogP contribution is -2.41. The van der Waals surface area contributed by atoms with Crippen LogP contribution in [0.1, 0.15) is 36.9 Å². The summed E-state index contributed by atoms with van der Waals surface area (Å²) in [4.78, 5) is 12.1. The molecule has 7 heteroatoms. The van der Waals surface area contributed by atoms with Crippen molar-refractivity contribution in [1.29, 1.82) is 0 Å². The number of halogens is 4. The maximum atomic E-state index is 12.5. The van der Waals surface area contributed by atoms with Crippen molar-refractivity contribution < 1.29 is 18.0 Å². The fraction of sp³-hybridized carbons (Fsp3) is 0.533. The summed E-state index contributed by atoms with van der Waals surface area (Å²) in [5.74, 6) is -0.106. The second kappa shape index (κ2) is 7.83. The van der Waals surface area contributed by atoms with Crippen LogP contribution in [0.4, 0.5) is 13.2 Å². The first kappa shape index (κ1) is 18.8. The predicted octanol–water partition coefficient (Wildman–Crippen LogP) is 3.30. The van der Waals surface area contributed by atoms with Gasteiger partial charge in [-0.3, -0.25) is 4.79 Å². The fourth-order valence-corrected chi connectivity index (χ4v) is 2.45. The van der Waals surface area contributed by atoms with E-state index in [-0.39, 0.29) is 30.3 Å². The maximum Gasteiger partial charge on any atom is 0.416 e.